The summed E-state index contributed by atoms with van der Waals surface area (Å²) < 4.78 is 12.5. The van der Waals surface area contributed by atoms with Crippen LogP contribution in [0.15, 0.2) is 66.7 Å². The van der Waals surface area contributed by atoms with Crippen molar-refractivity contribution in [2.24, 2.45) is 0 Å². The van der Waals surface area contributed by atoms with Gasteiger partial charge in [-0.15, -0.1) is 0 Å². The molecule has 0 nitrogen and oxygen atoms in total. The predicted octanol–water partition coefficient (Wildman–Crippen LogP) is 10.7. The highest BCUT2D eigenvalue weighted by molar-refractivity contribution is 6.30. The Kier molecular flexibility index (Phi) is 10.9. The molecule has 3 aromatic rings. The highest BCUT2D eigenvalue weighted by Gasteiger charge is 2.16. The van der Waals surface area contributed by atoms with Crippen molar-refractivity contribution in [1.82, 2.24) is 0 Å². The number of hydrogen-bond donors (Lipinski definition) is 0. The summed E-state index contributed by atoms with van der Waals surface area (Å²) in [5, 5.41) is 1.63. The van der Waals surface area contributed by atoms with Crippen LogP contribution in [-0.2, 0) is 16.2 Å². The van der Waals surface area contributed by atoms with Crippen molar-refractivity contribution in [1.29, 1.82) is 0 Å². The van der Waals surface area contributed by atoms with E-state index in [1.54, 1.807) is 0 Å². The zero-order chi connectivity index (χ0) is 26.3. The summed E-state index contributed by atoms with van der Waals surface area (Å²) in [6, 6.07) is 20.7. The molecule has 0 saturated carbocycles. The van der Waals surface area contributed by atoms with E-state index in [-0.39, 0.29) is 22.1 Å². The van der Waals surface area contributed by atoms with Gasteiger partial charge in [-0.2, -0.15) is 0 Å². The van der Waals surface area contributed by atoms with Crippen LogP contribution in [-0.4, -0.2) is 0 Å². The molecule has 0 atom stereocenters. The van der Waals surface area contributed by atoms with Crippen LogP contribution in [0, 0.1) is 12.7 Å². The molecule has 3 heteroatoms. The smallest absolute Gasteiger partial charge is 0.123 e. The molecule has 0 fully saturated rings. The van der Waals surface area contributed by atoms with Gasteiger partial charge < -0.3 is 0 Å². The number of hydrogen-bond acceptors (Lipinski definition) is 0. The Morgan fingerprint density at radius 2 is 0.912 bits per heavy atom. The van der Waals surface area contributed by atoms with Crippen LogP contribution in [0.2, 0.25) is 10.0 Å². The molecule has 0 aromatic heterocycles. The minimum atomic E-state index is -0.169. The molecule has 186 valence electrons. The Labute approximate surface area is 217 Å². The number of benzene rings is 3. The van der Waals surface area contributed by atoms with Crippen molar-refractivity contribution >= 4 is 23.2 Å². The predicted molar refractivity (Wildman–Crippen MR) is 150 cm³/mol. The minimum Gasteiger partial charge on any atom is -0.207 e. The highest BCUT2D eigenvalue weighted by Crippen LogP contribution is 2.28. The SMILES string of the molecule is CC(C)(C)c1ccc(Cl)cc1.CC(C)(C)c1ccc(F)cc1.Cc1ccc(Cl)cc1C(C)(C)C. The third kappa shape index (κ3) is 10.6. The first-order valence-electron chi connectivity index (χ1n) is 11.7. The first kappa shape index (κ1) is 30.2. The molecule has 0 unspecified atom stereocenters. The third-order valence-electron chi connectivity index (χ3n) is 5.43. The normalized spacial score (nSPS) is 11.7. The molecule has 0 heterocycles. The van der Waals surface area contributed by atoms with Gasteiger partial charge in [0, 0.05) is 10.0 Å². The summed E-state index contributed by atoms with van der Waals surface area (Å²) in [6.45, 7) is 21.6. The maximum absolute atomic E-state index is 12.5. The van der Waals surface area contributed by atoms with Crippen LogP contribution in [0.3, 0.4) is 0 Å². The molecule has 0 saturated heterocycles. The molecule has 0 bridgehead atoms. The zero-order valence-corrected chi connectivity index (χ0v) is 24.0. The van der Waals surface area contributed by atoms with Gasteiger partial charge in [-0.3, -0.25) is 0 Å². The van der Waals surface area contributed by atoms with Crippen LogP contribution >= 0.6 is 23.2 Å². The topological polar surface area (TPSA) is 0 Å². The Bertz CT molecular complexity index is 958. The molecule has 3 rings (SSSR count). The lowest BCUT2D eigenvalue weighted by molar-refractivity contribution is 0.583. The lowest BCUT2D eigenvalue weighted by Crippen LogP contribution is -2.12. The first-order chi connectivity index (χ1) is 15.4. The van der Waals surface area contributed by atoms with E-state index in [4.69, 9.17) is 23.2 Å². The van der Waals surface area contributed by atoms with Gasteiger partial charge in [0.2, 0.25) is 0 Å². The maximum Gasteiger partial charge on any atom is 0.123 e. The van der Waals surface area contributed by atoms with E-state index in [2.05, 4.69) is 93.5 Å². The number of aryl methyl sites for hydroxylation is 1. The summed E-state index contributed by atoms with van der Waals surface area (Å²) in [4.78, 5) is 0. The first-order valence-corrected chi connectivity index (χ1v) is 12.5. The summed E-state index contributed by atoms with van der Waals surface area (Å²) in [5.74, 6) is -0.169. The summed E-state index contributed by atoms with van der Waals surface area (Å²) in [6.07, 6.45) is 0. The van der Waals surface area contributed by atoms with Crippen molar-refractivity contribution < 1.29 is 4.39 Å². The molecule has 0 spiro atoms. The monoisotopic (exact) mass is 502 g/mol. The lowest BCUT2D eigenvalue weighted by atomic mass is 9.84. The standard InChI is InChI=1S/C11H15Cl.C10H13Cl.C10H13F/c1-8-5-6-9(12)7-10(8)11(2,3)4;2*1-10(2,3)8-4-6-9(11)7-5-8/h5-7H,1-4H3;2*4-7H,1-3H3. The second-order valence-electron chi connectivity index (χ2n) is 11.7. The van der Waals surface area contributed by atoms with Crippen LogP contribution in [0.4, 0.5) is 4.39 Å². The maximum atomic E-state index is 12.5. The average Bonchev–Trinajstić information content (AvgIpc) is 2.69. The van der Waals surface area contributed by atoms with E-state index < -0.39 is 0 Å². The van der Waals surface area contributed by atoms with E-state index in [0.29, 0.717) is 0 Å². The molecule has 0 aliphatic carbocycles. The van der Waals surface area contributed by atoms with Crippen molar-refractivity contribution in [3.05, 3.63) is 105 Å². The second kappa shape index (κ2) is 12.2. The van der Waals surface area contributed by atoms with E-state index in [1.165, 1.54) is 34.4 Å². The second-order valence-corrected chi connectivity index (χ2v) is 12.6. The van der Waals surface area contributed by atoms with Gasteiger partial charge in [0.15, 0.2) is 0 Å². The van der Waals surface area contributed by atoms with Crippen LogP contribution in [0.1, 0.15) is 84.6 Å². The van der Waals surface area contributed by atoms with Gasteiger partial charge in [0.05, 0.1) is 0 Å². The molecular weight excluding hydrogens is 462 g/mol. The van der Waals surface area contributed by atoms with Crippen LogP contribution < -0.4 is 0 Å². The van der Waals surface area contributed by atoms with Gasteiger partial charge in [-0.25, -0.2) is 4.39 Å². The fraction of sp³-hybridized carbons (Fsp3) is 0.419. The fourth-order valence-electron chi connectivity index (χ4n) is 3.30. The quantitative estimate of drug-likeness (QED) is 0.286. The highest BCUT2D eigenvalue weighted by atomic mass is 35.5. The summed E-state index contributed by atoms with van der Waals surface area (Å²) >= 11 is 11.7. The van der Waals surface area contributed by atoms with Crippen molar-refractivity contribution in [3.63, 3.8) is 0 Å². The molecule has 34 heavy (non-hydrogen) atoms. The van der Waals surface area contributed by atoms with Crippen LogP contribution in [0.25, 0.3) is 0 Å². The molecule has 0 radical (unpaired) electrons. The van der Waals surface area contributed by atoms with Gasteiger partial charge in [-0.1, -0.05) is 116 Å². The Hall–Kier alpha value is -1.83. The molecular formula is C31H41Cl2F. The van der Waals surface area contributed by atoms with Gasteiger partial charge in [-0.05, 0) is 81.8 Å². The molecule has 0 N–H and O–H groups in total. The average molecular weight is 504 g/mol. The molecule has 0 aliphatic rings. The summed E-state index contributed by atoms with van der Waals surface area (Å²) in [7, 11) is 0. The summed E-state index contributed by atoms with van der Waals surface area (Å²) in [5.41, 5.74) is 5.66. The van der Waals surface area contributed by atoms with Crippen molar-refractivity contribution in [3.8, 4) is 0 Å². The Morgan fingerprint density at radius 3 is 1.26 bits per heavy atom. The molecule has 0 amide bonds. The van der Waals surface area contributed by atoms with Crippen LogP contribution in [0.5, 0.6) is 0 Å². The van der Waals surface area contributed by atoms with E-state index >= 15 is 0 Å². The molecule has 3 aromatic carbocycles. The van der Waals surface area contributed by atoms with E-state index in [0.717, 1.165) is 10.0 Å². The van der Waals surface area contributed by atoms with Crippen molar-refractivity contribution in [2.75, 3.05) is 0 Å². The van der Waals surface area contributed by atoms with E-state index in [9.17, 15) is 4.39 Å². The fourth-order valence-corrected chi connectivity index (χ4v) is 3.60. The lowest BCUT2D eigenvalue weighted by Gasteiger charge is -2.21. The van der Waals surface area contributed by atoms with E-state index in [1.807, 2.05) is 30.3 Å². The van der Waals surface area contributed by atoms with Gasteiger partial charge in [0.25, 0.3) is 0 Å². The molecule has 0 aliphatic heterocycles. The van der Waals surface area contributed by atoms with Crippen molar-refractivity contribution in [2.45, 2.75) is 85.5 Å². The zero-order valence-electron chi connectivity index (χ0n) is 22.5. The third-order valence-corrected chi connectivity index (χ3v) is 5.92. The Balaban J connectivity index is 0.000000255. The largest absolute Gasteiger partial charge is 0.207 e. The van der Waals surface area contributed by atoms with Gasteiger partial charge in [0.1, 0.15) is 5.82 Å². The Morgan fingerprint density at radius 1 is 0.529 bits per heavy atom. The number of rotatable bonds is 0. The number of halogens is 3. The minimum absolute atomic E-state index is 0.119. The van der Waals surface area contributed by atoms with Gasteiger partial charge >= 0.3 is 0 Å².